The molecule has 6 nitrogen and oxygen atoms in total. The number of ether oxygens (including phenoxy) is 3. The number of rotatable bonds is 5. The van der Waals surface area contributed by atoms with Gasteiger partial charge in [0, 0.05) is 11.1 Å². The molecular formula is C12H13ClO6. The molecule has 1 aromatic rings. The Balaban J connectivity index is 3.23. The normalized spacial score (nSPS) is 11.6. The lowest BCUT2D eigenvalue weighted by Crippen LogP contribution is -2.26. The molecule has 0 aliphatic carbocycles. The minimum Gasteiger partial charge on any atom is -0.493 e. The van der Waals surface area contributed by atoms with Crippen molar-refractivity contribution in [1.29, 1.82) is 0 Å². The number of methoxy groups -OCH3 is 2. The second-order valence-electron chi connectivity index (χ2n) is 3.57. The maximum atomic E-state index is 11.3. The van der Waals surface area contributed by atoms with Crippen molar-refractivity contribution in [3.8, 4) is 11.5 Å². The van der Waals surface area contributed by atoms with Gasteiger partial charge in [-0.1, -0.05) is 11.6 Å². The van der Waals surface area contributed by atoms with Crippen molar-refractivity contribution in [2.24, 2.45) is 0 Å². The number of carbonyl (C=O) groups excluding carboxylic acids is 1. The summed E-state index contributed by atoms with van der Waals surface area (Å²) in [6, 6.07) is 2.61. The lowest BCUT2D eigenvalue weighted by atomic mass is 10.2. The van der Waals surface area contributed by atoms with Crippen LogP contribution in [0.15, 0.2) is 12.1 Å². The van der Waals surface area contributed by atoms with Gasteiger partial charge >= 0.3 is 11.9 Å². The average Bonchev–Trinajstić information content (AvgIpc) is 2.38. The number of hydrogen-bond acceptors (Lipinski definition) is 5. The third-order valence-electron chi connectivity index (χ3n) is 2.30. The summed E-state index contributed by atoms with van der Waals surface area (Å²) < 4.78 is 14.8. The van der Waals surface area contributed by atoms with Gasteiger partial charge in [0.05, 0.1) is 14.2 Å². The molecule has 1 N–H and O–H groups in total. The van der Waals surface area contributed by atoms with Gasteiger partial charge < -0.3 is 19.3 Å². The minimum absolute atomic E-state index is 0.0719. The Kier molecular flexibility index (Phi) is 5.00. The van der Waals surface area contributed by atoms with E-state index in [1.807, 2.05) is 0 Å². The van der Waals surface area contributed by atoms with Crippen LogP contribution in [-0.4, -0.2) is 37.4 Å². The molecule has 0 heterocycles. The van der Waals surface area contributed by atoms with E-state index in [0.29, 0.717) is 0 Å². The highest BCUT2D eigenvalue weighted by Crippen LogP contribution is 2.35. The second-order valence-corrected chi connectivity index (χ2v) is 4.01. The molecule has 0 saturated carbocycles. The Morgan fingerprint density at radius 2 is 1.95 bits per heavy atom. The van der Waals surface area contributed by atoms with E-state index < -0.39 is 18.0 Å². The summed E-state index contributed by atoms with van der Waals surface area (Å²) in [5, 5.41) is 9.30. The molecule has 1 aromatic carbocycles. The summed E-state index contributed by atoms with van der Waals surface area (Å²) in [6.07, 6.45) is -0.974. The van der Waals surface area contributed by atoms with Gasteiger partial charge in [-0.25, -0.2) is 9.59 Å². The maximum absolute atomic E-state index is 11.3. The number of halogens is 1. The Hall–Kier alpha value is -1.95. The molecule has 1 atom stereocenters. The molecule has 1 rings (SSSR count). The van der Waals surface area contributed by atoms with E-state index in [-0.39, 0.29) is 22.1 Å². The first-order valence-electron chi connectivity index (χ1n) is 5.26. The zero-order valence-electron chi connectivity index (χ0n) is 10.6. The number of benzene rings is 1. The summed E-state index contributed by atoms with van der Waals surface area (Å²) in [6.45, 7) is 1.44. The van der Waals surface area contributed by atoms with Gasteiger partial charge in [0.2, 0.25) is 0 Å². The smallest absolute Gasteiger partial charge is 0.346 e. The van der Waals surface area contributed by atoms with E-state index in [9.17, 15) is 9.59 Å². The van der Waals surface area contributed by atoms with Crippen LogP contribution in [0.2, 0.25) is 5.02 Å². The van der Waals surface area contributed by atoms with Crippen molar-refractivity contribution in [1.82, 2.24) is 0 Å². The topological polar surface area (TPSA) is 82.1 Å². The highest BCUT2D eigenvalue weighted by atomic mass is 35.5. The van der Waals surface area contributed by atoms with Crippen LogP contribution in [0.3, 0.4) is 0 Å². The fourth-order valence-electron chi connectivity index (χ4n) is 1.39. The number of carbonyl (C=O) groups is 2. The van der Waals surface area contributed by atoms with E-state index in [0.717, 1.165) is 0 Å². The van der Waals surface area contributed by atoms with E-state index >= 15 is 0 Å². The Morgan fingerprint density at radius 1 is 1.32 bits per heavy atom. The van der Waals surface area contributed by atoms with Crippen LogP contribution in [0.5, 0.6) is 11.5 Å². The number of hydrogen-bond donors (Lipinski definition) is 1. The zero-order chi connectivity index (χ0) is 14.6. The van der Waals surface area contributed by atoms with Crippen molar-refractivity contribution in [2.75, 3.05) is 14.2 Å². The molecule has 0 aliphatic rings. The lowest BCUT2D eigenvalue weighted by molar-refractivity contribution is -0.148. The highest BCUT2D eigenvalue weighted by Gasteiger charge is 2.23. The van der Waals surface area contributed by atoms with Crippen LogP contribution in [0.1, 0.15) is 17.3 Å². The summed E-state index contributed by atoms with van der Waals surface area (Å²) in [4.78, 5) is 22.5. The molecule has 0 radical (unpaired) electrons. The van der Waals surface area contributed by atoms with Crippen LogP contribution in [0.4, 0.5) is 0 Å². The SMILES string of the molecule is COC(=O)C(C)Oc1c(OC)cc(Cl)cc1C(=O)O. The van der Waals surface area contributed by atoms with E-state index in [1.54, 1.807) is 0 Å². The Labute approximate surface area is 114 Å². The molecule has 0 fully saturated rings. The number of carboxylic acid groups (broad SMARTS) is 1. The van der Waals surface area contributed by atoms with Gasteiger partial charge in [-0.05, 0) is 13.0 Å². The van der Waals surface area contributed by atoms with Crippen molar-refractivity contribution in [2.45, 2.75) is 13.0 Å². The highest BCUT2D eigenvalue weighted by molar-refractivity contribution is 6.31. The molecule has 7 heteroatoms. The second kappa shape index (κ2) is 6.29. The first-order chi connectivity index (χ1) is 8.90. The molecule has 0 aliphatic heterocycles. The van der Waals surface area contributed by atoms with Gasteiger partial charge in [0.1, 0.15) is 5.56 Å². The number of carboxylic acids is 1. The van der Waals surface area contributed by atoms with Gasteiger partial charge in [0.25, 0.3) is 0 Å². The molecular weight excluding hydrogens is 276 g/mol. The fourth-order valence-corrected chi connectivity index (χ4v) is 1.60. The minimum atomic E-state index is -1.24. The summed E-state index contributed by atoms with van der Waals surface area (Å²) in [5.74, 6) is -1.82. The predicted octanol–water partition coefficient (Wildman–Crippen LogP) is 1.99. The van der Waals surface area contributed by atoms with Crippen molar-refractivity contribution in [3.63, 3.8) is 0 Å². The third-order valence-corrected chi connectivity index (χ3v) is 2.52. The van der Waals surface area contributed by atoms with Gasteiger partial charge in [0.15, 0.2) is 17.6 Å². The molecule has 104 valence electrons. The summed E-state index contributed by atoms with van der Waals surface area (Å²) in [7, 11) is 2.55. The molecule has 19 heavy (non-hydrogen) atoms. The number of aromatic carboxylic acids is 1. The van der Waals surface area contributed by atoms with Crippen LogP contribution in [-0.2, 0) is 9.53 Å². The quantitative estimate of drug-likeness (QED) is 0.834. The van der Waals surface area contributed by atoms with E-state index in [4.69, 9.17) is 26.2 Å². The Bertz CT molecular complexity index is 499. The predicted molar refractivity (Wildman–Crippen MR) is 67.1 cm³/mol. The van der Waals surface area contributed by atoms with Gasteiger partial charge in [-0.15, -0.1) is 0 Å². The average molecular weight is 289 g/mol. The Morgan fingerprint density at radius 3 is 2.42 bits per heavy atom. The van der Waals surface area contributed by atoms with Crippen LogP contribution in [0, 0.1) is 0 Å². The summed E-state index contributed by atoms with van der Waals surface area (Å²) in [5.41, 5.74) is -0.194. The molecule has 0 aromatic heterocycles. The van der Waals surface area contributed by atoms with E-state index in [2.05, 4.69) is 4.74 Å². The van der Waals surface area contributed by atoms with Gasteiger partial charge in [-0.2, -0.15) is 0 Å². The zero-order valence-corrected chi connectivity index (χ0v) is 11.4. The largest absolute Gasteiger partial charge is 0.493 e. The van der Waals surface area contributed by atoms with Gasteiger partial charge in [-0.3, -0.25) is 0 Å². The lowest BCUT2D eigenvalue weighted by Gasteiger charge is -2.17. The first kappa shape index (κ1) is 15.1. The molecule has 1 unspecified atom stereocenters. The van der Waals surface area contributed by atoms with Crippen LogP contribution in [0.25, 0.3) is 0 Å². The molecule has 0 saturated heterocycles. The standard InChI is InChI=1S/C12H13ClO6/c1-6(12(16)18-3)19-10-8(11(14)15)4-7(13)5-9(10)17-2/h4-6H,1-3H3,(H,14,15). The van der Waals surface area contributed by atoms with Crippen LogP contribution >= 0.6 is 11.6 Å². The number of esters is 1. The molecule has 0 amide bonds. The van der Waals surface area contributed by atoms with Crippen LogP contribution < -0.4 is 9.47 Å². The van der Waals surface area contributed by atoms with Crippen molar-refractivity contribution < 1.29 is 28.9 Å². The van der Waals surface area contributed by atoms with Crippen molar-refractivity contribution in [3.05, 3.63) is 22.7 Å². The summed E-state index contributed by atoms with van der Waals surface area (Å²) >= 11 is 5.78. The fraction of sp³-hybridized carbons (Fsp3) is 0.333. The van der Waals surface area contributed by atoms with Crippen molar-refractivity contribution >= 4 is 23.5 Å². The third kappa shape index (κ3) is 3.51. The molecule has 0 bridgehead atoms. The maximum Gasteiger partial charge on any atom is 0.346 e. The molecule has 0 spiro atoms. The van der Waals surface area contributed by atoms with E-state index in [1.165, 1.54) is 33.3 Å². The first-order valence-corrected chi connectivity index (χ1v) is 5.63. The monoisotopic (exact) mass is 288 g/mol.